The van der Waals surface area contributed by atoms with Crippen molar-refractivity contribution in [2.45, 2.75) is 25.1 Å². The average molecular weight is 727 g/mol. The number of nitrogens with zero attached hydrogens (tertiary/aromatic N) is 3. The van der Waals surface area contributed by atoms with Crippen molar-refractivity contribution in [3.63, 3.8) is 0 Å². The summed E-state index contributed by atoms with van der Waals surface area (Å²) in [7, 11) is 3.82. The Morgan fingerprint density at radius 1 is 1.02 bits per heavy atom. The Balaban J connectivity index is 0.000000838. The third kappa shape index (κ3) is 11.6. The molecule has 2 heterocycles. The van der Waals surface area contributed by atoms with E-state index in [-0.39, 0.29) is 44.8 Å². The van der Waals surface area contributed by atoms with Gasteiger partial charge in [-0.25, -0.2) is 4.79 Å². The lowest BCUT2D eigenvalue weighted by atomic mass is 10.0. The predicted molar refractivity (Wildman–Crippen MR) is 176 cm³/mol. The molecule has 1 aliphatic rings. The highest BCUT2D eigenvalue weighted by molar-refractivity contribution is 6.40. The van der Waals surface area contributed by atoms with Crippen LogP contribution in [0.25, 0.3) is 0 Å². The fraction of sp³-hybridized carbons (Fsp3) is 0.290. The van der Waals surface area contributed by atoms with Crippen LogP contribution in [0.4, 0.5) is 24.5 Å². The highest BCUT2D eigenvalue weighted by Gasteiger charge is 2.38. The number of hydrogen-bond acceptors (Lipinski definition) is 7. The Hall–Kier alpha value is -4.93. The van der Waals surface area contributed by atoms with E-state index in [1.807, 2.05) is 19.0 Å². The van der Waals surface area contributed by atoms with E-state index in [0.29, 0.717) is 43.7 Å². The van der Waals surface area contributed by atoms with Gasteiger partial charge in [-0.3, -0.25) is 24.3 Å². The number of rotatable bonds is 9. The Labute approximate surface area is 288 Å². The standard InChI is InChI=1S/C29H31Cl2N7O4.C2HF3O2/c1-37(2)13-5-10-24(39)33-20-7-3-6-18(16-20)29(42)38-14-11-19(12-15-38)34-28(41)26-23(17-32-36-26)35-27(40)25-21(30)8-4-9-22(25)31;3-2(4,5)1(6)7/h3-10,16-17,19H,11-15H2,1-2H3,(H,32,36)(H,33,39)(H,34,41)(H,35,40);(H,6,7)/b10-5+;. The molecule has 49 heavy (non-hydrogen) atoms. The summed E-state index contributed by atoms with van der Waals surface area (Å²) in [5.41, 5.74) is 1.35. The summed E-state index contributed by atoms with van der Waals surface area (Å²) in [6.45, 7) is 1.51. The first-order valence-corrected chi connectivity index (χ1v) is 15.2. The molecule has 0 spiro atoms. The molecular formula is C31H32Cl2F3N7O6. The first-order valence-electron chi connectivity index (χ1n) is 14.5. The largest absolute Gasteiger partial charge is 0.490 e. The molecule has 0 saturated carbocycles. The maximum atomic E-state index is 13.1. The molecule has 0 unspecified atom stereocenters. The molecule has 0 bridgehead atoms. The van der Waals surface area contributed by atoms with Crippen molar-refractivity contribution in [2.75, 3.05) is 44.4 Å². The summed E-state index contributed by atoms with van der Waals surface area (Å²) in [6.07, 6.45) is 0.538. The molecule has 1 saturated heterocycles. The number of H-pyrrole nitrogens is 1. The highest BCUT2D eigenvalue weighted by atomic mass is 35.5. The van der Waals surface area contributed by atoms with Gasteiger partial charge in [-0.1, -0.05) is 41.4 Å². The van der Waals surface area contributed by atoms with E-state index in [1.165, 1.54) is 12.3 Å². The molecule has 1 aliphatic heterocycles. The number of carbonyl (C=O) groups is 5. The molecule has 0 aliphatic carbocycles. The van der Waals surface area contributed by atoms with Gasteiger partial charge in [0.05, 0.1) is 27.5 Å². The number of anilines is 2. The summed E-state index contributed by atoms with van der Waals surface area (Å²) >= 11 is 12.3. The maximum absolute atomic E-state index is 13.1. The van der Waals surface area contributed by atoms with Crippen LogP contribution in [0.15, 0.2) is 60.8 Å². The molecule has 3 aromatic rings. The van der Waals surface area contributed by atoms with Crippen LogP contribution in [-0.2, 0) is 9.59 Å². The van der Waals surface area contributed by atoms with E-state index >= 15 is 0 Å². The molecule has 13 nitrogen and oxygen atoms in total. The number of alkyl halides is 3. The molecule has 4 rings (SSSR count). The van der Waals surface area contributed by atoms with Gasteiger partial charge >= 0.3 is 12.1 Å². The number of aliphatic carboxylic acids is 1. The molecule has 1 fully saturated rings. The molecule has 18 heteroatoms. The topological polar surface area (TPSA) is 177 Å². The van der Waals surface area contributed by atoms with Crippen LogP contribution < -0.4 is 16.0 Å². The van der Waals surface area contributed by atoms with Gasteiger partial charge in [0.2, 0.25) is 5.91 Å². The zero-order chi connectivity index (χ0) is 36.3. The van der Waals surface area contributed by atoms with Crippen molar-refractivity contribution < 1.29 is 42.3 Å². The zero-order valence-corrected chi connectivity index (χ0v) is 27.6. The van der Waals surface area contributed by atoms with Gasteiger partial charge in [0.15, 0.2) is 0 Å². The van der Waals surface area contributed by atoms with Gasteiger partial charge in [-0.2, -0.15) is 18.3 Å². The van der Waals surface area contributed by atoms with Crippen LogP contribution in [0, 0.1) is 0 Å². The predicted octanol–water partition coefficient (Wildman–Crippen LogP) is 4.69. The number of aromatic nitrogens is 2. The normalized spacial score (nSPS) is 13.4. The number of likely N-dealkylation sites (tertiary alicyclic amines) is 1. The van der Waals surface area contributed by atoms with E-state index in [9.17, 15) is 32.3 Å². The van der Waals surface area contributed by atoms with Crippen LogP contribution in [0.3, 0.4) is 0 Å². The summed E-state index contributed by atoms with van der Waals surface area (Å²) in [4.78, 5) is 63.6. The van der Waals surface area contributed by atoms with E-state index in [0.717, 1.165) is 0 Å². The molecule has 0 atom stereocenters. The maximum Gasteiger partial charge on any atom is 0.490 e. The number of carbonyl (C=O) groups excluding carboxylic acids is 4. The second-order valence-corrected chi connectivity index (χ2v) is 11.6. The summed E-state index contributed by atoms with van der Waals surface area (Å²) in [5.74, 6) is -4.20. The van der Waals surface area contributed by atoms with Crippen LogP contribution >= 0.6 is 23.2 Å². The number of piperidine rings is 1. The smallest absolute Gasteiger partial charge is 0.475 e. The SMILES string of the molecule is CN(C)C/C=C/C(=O)Nc1cccc(C(=O)N2CCC(NC(=O)c3[nH]ncc3NC(=O)c3c(Cl)cccc3Cl)CC2)c1.O=C(O)C(F)(F)F. The molecule has 262 valence electrons. The number of hydrogen-bond donors (Lipinski definition) is 5. The zero-order valence-electron chi connectivity index (χ0n) is 26.1. The molecule has 0 radical (unpaired) electrons. The van der Waals surface area contributed by atoms with Crippen LogP contribution in [0.1, 0.15) is 44.0 Å². The lowest BCUT2D eigenvalue weighted by molar-refractivity contribution is -0.192. The monoisotopic (exact) mass is 725 g/mol. The Kier molecular flexibility index (Phi) is 13.7. The summed E-state index contributed by atoms with van der Waals surface area (Å²) in [5, 5.41) is 22.3. The highest BCUT2D eigenvalue weighted by Crippen LogP contribution is 2.26. The summed E-state index contributed by atoms with van der Waals surface area (Å²) < 4.78 is 31.7. The number of benzene rings is 2. The van der Waals surface area contributed by atoms with Gasteiger partial charge in [0.25, 0.3) is 17.7 Å². The summed E-state index contributed by atoms with van der Waals surface area (Å²) in [6, 6.07) is 11.3. The van der Waals surface area contributed by atoms with E-state index in [4.69, 9.17) is 33.1 Å². The molecule has 5 N–H and O–H groups in total. The first-order chi connectivity index (χ1) is 23.1. The second kappa shape index (κ2) is 17.5. The third-order valence-electron chi connectivity index (χ3n) is 6.78. The first kappa shape index (κ1) is 38.5. The lowest BCUT2D eigenvalue weighted by Gasteiger charge is -2.32. The number of carboxylic acids is 1. The average Bonchev–Trinajstić information content (AvgIpc) is 3.49. The van der Waals surface area contributed by atoms with Gasteiger partial charge in [-0.15, -0.1) is 0 Å². The van der Waals surface area contributed by atoms with E-state index in [1.54, 1.807) is 53.4 Å². The number of halogens is 5. The van der Waals surface area contributed by atoms with E-state index < -0.39 is 24.0 Å². The molecule has 4 amide bonds. The number of amides is 4. The molecule has 2 aromatic carbocycles. The fourth-order valence-corrected chi connectivity index (χ4v) is 4.97. The van der Waals surface area contributed by atoms with Crippen molar-refractivity contribution in [1.29, 1.82) is 0 Å². The number of carboxylic acid groups (broad SMARTS) is 1. The Bertz CT molecular complexity index is 1690. The second-order valence-electron chi connectivity index (χ2n) is 10.8. The van der Waals surface area contributed by atoms with Gasteiger partial charge in [-0.05, 0) is 57.3 Å². The van der Waals surface area contributed by atoms with Gasteiger partial charge in [0, 0.05) is 43.0 Å². The quantitative estimate of drug-likeness (QED) is 0.197. The minimum atomic E-state index is -5.08. The van der Waals surface area contributed by atoms with E-state index in [2.05, 4.69) is 26.1 Å². The lowest BCUT2D eigenvalue weighted by Crippen LogP contribution is -2.46. The van der Waals surface area contributed by atoms with Crippen LogP contribution in [-0.4, -0.2) is 101 Å². The number of nitrogens with one attached hydrogen (secondary N) is 4. The number of likely N-dealkylation sites (N-methyl/N-ethyl adjacent to an activating group) is 1. The Morgan fingerprint density at radius 2 is 1.63 bits per heavy atom. The minimum Gasteiger partial charge on any atom is -0.475 e. The Morgan fingerprint density at radius 3 is 2.22 bits per heavy atom. The van der Waals surface area contributed by atoms with Crippen LogP contribution in [0.2, 0.25) is 10.0 Å². The van der Waals surface area contributed by atoms with Crippen molar-refractivity contribution in [3.05, 3.63) is 87.7 Å². The van der Waals surface area contributed by atoms with Crippen molar-refractivity contribution >= 4 is 64.2 Å². The van der Waals surface area contributed by atoms with Crippen molar-refractivity contribution in [2.24, 2.45) is 0 Å². The van der Waals surface area contributed by atoms with Gasteiger partial charge in [0.1, 0.15) is 5.69 Å². The fourth-order valence-electron chi connectivity index (χ4n) is 4.41. The minimum absolute atomic E-state index is 0.0838. The third-order valence-corrected chi connectivity index (χ3v) is 7.41. The number of aromatic amines is 1. The molecular weight excluding hydrogens is 694 g/mol. The van der Waals surface area contributed by atoms with Crippen LogP contribution in [0.5, 0.6) is 0 Å². The van der Waals surface area contributed by atoms with Crippen molar-refractivity contribution in [3.8, 4) is 0 Å². The van der Waals surface area contributed by atoms with Crippen molar-refractivity contribution in [1.82, 2.24) is 25.3 Å². The molecule has 1 aromatic heterocycles. The van der Waals surface area contributed by atoms with Gasteiger partial charge < -0.3 is 30.9 Å².